The fourth-order valence-electron chi connectivity index (χ4n) is 0.796. The van der Waals surface area contributed by atoms with Crippen LogP contribution in [0.25, 0.3) is 0 Å². The Bertz CT molecular complexity index is 262. The zero-order chi connectivity index (χ0) is 9.36. The van der Waals surface area contributed by atoms with E-state index >= 15 is 0 Å². The van der Waals surface area contributed by atoms with Crippen LogP contribution in [0.4, 0.5) is 0 Å². The van der Waals surface area contributed by atoms with Crippen molar-refractivity contribution >= 4 is 0 Å². The van der Waals surface area contributed by atoms with E-state index < -0.39 is 0 Å². The molecule has 0 radical (unpaired) electrons. The summed E-state index contributed by atoms with van der Waals surface area (Å²) in [6, 6.07) is 9.65. The second-order valence-corrected chi connectivity index (χ2v) is 2.34. The van der Waals surface area contributed by atoms with Crippen LogP contribution in [0.5, 0.6) is 0 Å². The number of hydrogen-bond donors (Lipinski definition) is 1. The minimum atomic E-state index is 1.75. The van der Waals surface area contributed by atoms with Gasteiger partial charge in [0.1, 0.15) is 0 Å². The van der Waals surface area contributed by atoms with Crippen molar-refractivity contribution in [1.29, 1.82) is 0 Å². The fraction of sp³-hybridized carbons (Fsp3) is 0.100. The smallest absolute Gasteiger partial charge is 0.0267 e. The van der Waals surface area contributed by atoms with Crippen molar-refractivity contribution in [3.05, 3.63) is 55.1 Å². The van der Waals surface area contributed by atoms with E-state index in [1.54, 1.807) is 12.4 Å². The average Bonchev–Trinajstić information content (AvgIpc) is 2.74. The minimum absolute atomic E-state index is 1.75. The lowest BCUT2D eigenvalue weighted by molar-refractivity contribution is 0.938. The molecule has 2 aromatic heterocycles. The summed E-state index contributed by atoms with van der Waals surface area (Å²) in [6.07, 6.45) is 7.39. The Morgan fingerprint density at radius 3 is 1.77 bits per heavy atom. The molecule has 2 heterocycles. The quantitative estimate of drug-likeness (QED) is 0.715. The summed E-state index contributed by atoms with van der Waals surface area (Å²) in [4.78, 5) is 3.78. The van der Waals surface area contributed by atoms with Crippen LogP contribution in [0.2, 0.25) is 0 Å². The fourth-order valence-corrected chi connectivity index (χ4v) is 0.796. The molecule has 0 amide bonds. The molecule has 0 aliphatic rings. The van der Waals surface area contributed by atoms with Gasteiger partial charge in [0, 0.05) is 31.8 Å². The van der Waals surface area contributed by atoms with Gasteiger partial charge in [-0.3, -0.25) is 9.66 Å². The molecule has 2 aromatic rings. The molecule has 3 heteroatoms. The van der Waals surface area contributed by atoms with Gasteiger partial charge >= 0.3 is 0 Å². The third-order valence-corrected chi connectivity index (χ3v) is 1.43. The molecular formula is C10H13N3. The molecule has 13 heavy (non-hydrogen) atoms. The van der Waals surface area contributed by atoms with Crippen LogP contribution in [0.3, 0.4) is 0 Å². The third-order valence-electron chi connectivity index (χ3n) is 1.43. The number of pyridine rings is 1. The first-order valence-corrected chi connectivity index (χ1v) is 4.09. The summed E-state index contributed by atoms with van der Waals surface area (Å²) in [5.74, 6) is 0. The van der Waals surface area contributed by atoms with Crippen LogP contribution in [-0.4, -0.2) is 16.7 Å². The van der Waals surface area contributed by atoms with Crippen molar-refractivity contribution in [1.82, 2.24) is 9.66 Å². The summed E-state index contributed by atoms with van der Waals surface area (Å²) < 4.78 is 1.88. The van der Waals surface area contributed by atoms with E-state index in [0.29, 0.717) is 0 Å². The number of hydrogen-bond acceptors (Lipinski definition) is 2. The van der Waals surface area contributed by atoms with Gasteiger partial charge < -0.3 is 5.43 Å². The van der Waals surface area contributed by atoms with Crippen molar-refractivity contribution < 1.29 is 0 Å². The Kier molecular flexibility index (Phi) is 4.18. The highest BCUT2D eigenvalue weighted by atomic mass is 15.4. The number of nitrogens with zero attached hydrogens (tertiary/aromatic N) is 2. The number of nitrogens with one attached hydrogen (secondary N) is 1. The molecule has 0 unspecified atom stereocenters. The van der Waals surface area contributed by atoms with Crippen molar-refractivity contribution in [2.24, 2.45) is 0 Å². The van der Waals surface area contributed by atoms with E-state index in [0.717, 1.165) is 0 Å². The van der Waals surface area contributed by atoms with Gasteiger partial charge in [-0.2, -0.15) is 0 Å². The molecule has 3 nitrogen and oxygen atoms in total. The van der Waals surface area contributed by atoms with Crippen LogP contribution in [0.1, 0.15) is 0 Å². The molecule has 1 N–H and O–H groups in total. The van der Waals surface area contributed by atoms with Gasteiger partial charge in [-0.1, -0.05) is 6.07 Å². The van der Waals surface area contributed by atoms with Gasteiger partial charge in [0.05, 0.1) is 0 Å². The van der Waals surface area contributed by atoms with E-state index in [9.17, 15) is 0 Å². The second-order valence-electron chi connectivity index (χ2n) is 2.34. The SMILES string of the molecule is CNn1cccc1.c1ccncc1. The average molecular weight is 175 g/mol. The first-order chi connectivity index (χ1) is 6.43. The largest absolute Gasteiger partial charge is 0.330 e. The van der Waals surface area contributed by atoms with E-state index in [4.69, 9.17) is 0 Å². The minimum Gasteiger partial charge on any atom is -0.330 e. The van der Waals surface area contributed by atoms with Gasteiger partial charge in [-0.15, -0.1) is 0 Å². The van der Waals surface area contributed by atoms with E-state index in [1.807, 2.05) is 54.4 Å². The van der Waals surface area contributed by atoms with Crippen LogP contribution in [0.15, 0.2) is 55.1 Å². The molecule has 0 saturated heterocycles. The zero-order valence-corrected chi connectivity index (χ0v) is 7.59. The Labute approximate surface area is 78.0 Å². The molecule has 68 valence electrons. The van der Waals surface area contributed by atoms with Crippen molar-refractivity contribution in [3.63, 3.8) is 0 Å². The third kappa shape index (κ3) is 3.96. The first kappa shape index (κ1) is 9.32. The van der Waals surface area contributed by atoms with Gasteiger partial charge in [-0.25, -0.2) is 0 Å². The molecule has 0 aliphatic carbocycles. The van der Waals surface area contributed by atoms with Crippen LogP contribution < -0.4 is 5.43 Å². The lowest BCUT2D eigenvalue weighted by Crippen LogP contribution is -2.03. The monoisotopic (exact) mass is 175 g/mol. The Morgan fingerprint density at radius 2 is 1.54 bits per heavy atom. The Balaban J connectivity index is 0.000000132. The highest BCUT2D eigenvalue weighted by Gasteiger charge is 1.73. The highest BCUT2D eigenvalue weighted by Crippen LogP contribution is 1.81. The zero-order valence-electron chi connectivity index (χ0n) is 7.59. The van der Waals surface area contributed by atoms with Crippen molar-refractivity contribution in [2.75, 3.05) is 12.5 Å². The maximum atomic E-state index is 3.78. The van der Waals surface area contributed by atoms with Gasteiger partial charge in [0.15, 0.2) is 0 Å². The molecule has 2 rings (SSSR count). The Morgan fingerprint density at radius 1 is 0.923 bits per heavy atom. The summed E-state index contributed by atoms with van der Waals surface area (Å²) in [5, 5.41) is 0. The van der Waals surface area contributed by atoms with E-state index in [-0.39, 0.29) is 0 Å². The summed E-state index contributed by atoms with van der Waals surface area (Å²) in [5.41, 5.74) is 2.92. The standard InChI is InChI=1S/C5H8N2.C5H5N/c1-6-7-4-2-3-5-7;1-2-4-6-5-3-1/h2-6H,1H3;1-5H. The van der Waals surface area contributed by atoms with Crippen molar-refractivity contribution in [2.45, 2.75) is 0 Å². The maximum Gasteiger partial charge on any atom is 0.0267 e. The van der Waals surface area contributed by atoms with Gasteiger partial charge in [-0.05, 0) is 24.3 Å². The number of aromatic nitrogens is 2. The van der Waals surface area contributed by atoms with Gasteiger partial charge in [0.25, 0.3) is 0 Å². The molecule has 0 saturated carbocycles. The highest BCUT2D eigenvalue weighted by molar-refractivity contribution is 4.91. The lowest BCUT2D eigenvalue weighted by atomic mass is 10.5. The van der Waals surface area contributed by atoms with E-state index in [1.165, 1.54) is 0 Å². The van der Waals surface area contributed by atoms with Crippen molar-refractivity contribution in [3.8, 4) is 0 Å². The van der Waals surface area contributed by atoms with Crippen LogP contribution in [0, 0.1) is 0 Å². The second kappa shape index (κ2) is 5.83. The number of rotatable bonds is 1. The van der Waals surface area contributed by atoms with Crippen LogP contribution >= 0.6 is 0 Å². The molecule has 0 aliphatic heterocycles. The Hall–Kier alpha value is -1.77. The lowest BCUT2D eigenvalue weighted by Gasteiger charge is -1.95. The molecule has 0 bridgehead atoms. The molecule has 0 aromatic carbocycles. The van der Waals surface area contributed by atoms with E-state index in [2.05, 4.69) is 10.4 Å². The summed E-state index contributed by atoms with van der Waals surface area (Å²) >= 11 is 0. The normalized spacial score (nSPS) is 8.38. The van der Waals surface area contributed by atoms with Gasteiger partial charge in [0.2, 0.25) is 0 Å². The first-order valence-electron chi connectivity index (χ1n) is 4.09. The van der Waals surface area contributed by atoms with Crippen LogP contribution in [-0.2, 0) is 0 Å². The molecule has 0 fully saturated rings. The molecular weight excluding hydrogens is 162 g/mol. The summed E-state index contributed by atoms with van der Waals surface area (Å²) in [7, 11) is 1.88. The molecule has 0 spiro atoms. The maximum absolute atomic E-state index is 3.78. The predicted molar refractivity (Wildman–Crippen MR) is 54.0 cm³/mol. The topological polar surface area (TPSA) is 29.9 Å². The predicted octanol–water partition coefficient (Wildman–Crippen LogP) is 1.74. The molecule has 0 atom stereocenters. The summed E-state index contributed by atoms with van der Waals surface area (Å²) in [6.45, 7) is 0.